The first kappa shape index (κ1) is 17.6. The van der Waals surface area contributed by atoms with Crippen LogP contribution in [-0.4, -0.2) is 40.9 Å². The molecular formula is C22H21N7. The van der Waals surface area contributed by atoms with Gasteiger partial charge in [-0.15, -0.1) is 0 Å². The third-order valence-corrected chi connectivity index (χ3v) is 5.21. The Morgan fingerprint density at radius 1 is 0.897 bits per heavy atom. The number of benzene rings is 1. The fourth-order valence-corrected chi connectivity index (χ4v) is 3.69. The van der Waals surface area contributed by atoms with Crippen molar-refractivity contribution in [3.63, 3.8) is 0 Å². The van der Waals surface area contributed by atoms with Crippen LogP contribution in [0.4, 0.5) is 0 Å². The largest absolute Gasteiger partial charge is 0.329 e. The van der Waals surface area contributed by atoms with Crippen LogP contribution in [0.15, 0.2) is 67.8 Å². The number of hydrogen-bond acceptors (Lipinski definition) is 6. The van der Waals surface area contributed by atoms with E-state index in [1.807, 2.05) is 24.8 Å². The SMILES string of the molecule is c1ccc(Cn2cncc2CN2CCc3nc(-c4cncnc4)ncc3C2)cc1. The Kier molecular flexibility index (Phi) is 4.80. The molecule has 3 aromatic heterocycles. The molecule has 0 fully saturated rings. The maximum Gasteiger partial charge on any atom is 0.162 e. The van der Waals surface area contributed by atoms with E-state index in [1.165, 1.54) is 23.1 Å². The van der Waals surface area contributed by atoms with Gasteiger partial charge in [0.25, 0.3) is 0 Å². The van der Waals surface area contributed by atoms with E-state index in [0.29, 0.717) is 5.82 Å². The van der Waals surface area contributed by atoms with Gasteiger partial charge in [-0.1, -0.05) is 30.3 Å². The van der Waals surface area contributed by atoms with Crippen molar-refractivity contribution in [2.75, 3.05) is 6.54 Å². The van der Waals surface area contributed by atoms with Crippen molar-refractivity contribution < 1.29 is 0 Å². The van der Waals surface area contributed by atoms with Gasteiger partial charge in [0.2, 0.25) is 0 Å². The average molecular weight is 383 g/mol. The quantitative estimate of drug-likeness (QED) is 0.528. The van der Waals surface area contributed by atoms with Gasteiger partial charge in [-0.2, -0.15) is 0 Å². The zero-order valence-electron chi connectivity index (χ0n) is 16.0. The third kappa shape index (κ3) is 3.90. The fraction of sp³-hybridized carbons (Fsp3) is 0.227. The number of fused-ring (bicyclic) bond motifs is 1. The van der Waals surface area contributed by atoms with Crippen molar-refractivity contribution in [3.05, 3.63) is 90.3 Å². The molecule has 0 saturated carbocycles. The summed E-state index contributed by atoms with van der Waals surface area (Å²) in [6.07, 6.45) is 11.7. The minimum Gasteiger partial charge on any atom is -0.329 e. The summed E-state index contributed by atoms with van der Waals surface area (Å²) in [6, 6.07) is 10.5. The highest BCUT2D eigenvalue weighted by Gasteiger charge is 2.20. The molecular weight excluding hydrogens is 362 g/mol. The molecule has 0 amide bonds. The Morgan fingerprint density at radius 3 is 2.62 bits per heavy atom. The van der Waals surface area contributed by atoms with E-state index in [-0.39, 0.29) is 0 Å². The standard InChI is InChI=1S/C22H21N7/c1-2-4-17(5-3-1)12-29-16-25-11-20(29)14-28-7-6-21-19(13-28)10-26-22(27-21)18-8-23-15-24-9-18/h1-5,8-11,15-16H,6-7,12-14H2. The number of imidazole rings is 1. The normalized spacial score (nSPS) is 13.9. The lowest BCUT2D eigenvalue weighted by Gasteiger charge is -2.28. The molecule has 0 aliphatic carbocycles. The second kappa shape index (κ2) is 7.89. The Bertz CT molecular complexity index is 1090. The van der Waals surface area contributed by atoms with E-state index in [0.717, 1.165) is 43.9 Å². The molecule has 7 heteroatoms. The van der Waals surface area contributed by atoms with Crippen molar-refractivity contribution in [1.82, 2.24) is 34.4 Å². The van der Waals surface area contributed by atoms with Crippen molar-refractivity contribution >= 4 is 0 Å². The predicted molar refractivity (Wildman–Crippen MR) is 109 cm³/mol. The maximum absolute atomic E-state index is 4.75. The molecule has 29 heavy (non-hydrogen) atoms. The van der Waals surface area contributed by atoms with Crippen LogP contribution in [-0.2, 0) is 26.1 Å². The Labute approximate surface area is 169 Å². The first-order valence-electron chi connectivity index (χ1n) is 9.70. The smallest absolute Gasteiger partial charge is 0.162 e. The van der Waals surface area contributed by atoms with Gasteiger partial charge in [-0.3, -0.25) is 4.90 Å². The monoisotopic (exact) mass is 383 g/mol. The van der Waals surface area contributed by atoms with Crippen LogP contribution < -0.4 is 0 Å². The summed E-state index contributed by atoms with van der Waals surface area (Å²) >= 11 is 0. The van der Waals surface area contributed by atoms with Crippen LogP contribution in [0, 0.1) is 0 Å². The van der Waals surface area contributed by atoms with Crippen molar-refractivity contribution in [1.29, 1.82) is 0 Å². The first-order chi connectivity index (χ1) is 14.3. The molecule has 0 N–H and O–H groups in total. The zero-order chi connectivity index (χ0) is 19.5. The van der Waals surface area contributed by atoms with E-state index in [1.54, 1.807) is 12.4 Å². The van der Waals surface area contributed by atoms with Gasteiger partial charge in [0.05, 0.1) is 23.3 Å². The Hall–Kier alpha value is -3.45. The molecule has 0 saturated heterocycles. The molecule has 4 heterocycles. The minimum atomic E-state index is 0.693. The molecule has 0 radical (unpaired) electrons. The van der Waals surface area contributed by atoms with Crippen LogP contribution in [0.2, 0.25) is 0 Å². The summed E-state index contributed by atoms with van der Waals surface area (Å²) in [4.78, 5) is 24.2. The molecule has 4 aromatic rings. The summed E-state index contributed by atoms with van der Waals surface area (Å²) in [7, 11) is 0. The molecule has 0 unspecified atom stereocenters. The van der Waals surface area contributed by atoms with Gasteiger partial charge in [0.15, 0.2) is 5.82 Å². The molecule has 1 aliphatic rings. The fourth-order valence-electron chi connectivity index (χ4n) is 3.69. The van der Waals surface area contributed by atoms with E-state index in [4.69, 9.17) is 4.98 Å². The molecule has 5 rings (SSSR count). The lowest BCUT2D eigenvalue weighted by Crippen LogP contribution is -2.31. The Morgan fingerprint density at radius 2 is 1.76 bits per heavy atom. The van der Waals surface area contributed by atoms with Gasteiger partial charge in [-0.25, -0.2) is 24.9 Å². The van der Waals surface area contributed by atoms with Crippen molar-refractivity contribution in [2.24, 2.45) is 0 Å². The topological polar surface area (TPSA) is 72.6 Å². The van der Waals surface area contributed by atoms with E-state index >= 15 is 0 Å². The average Bonchev–Trinajstić information content (AvgIpc) is 3.21. The van der Waals surface area contributed by atoms with Crippen molar-refractivity contribution in [2.45, 2.75) is 26.1 Å². The van der Waals surface area contributed by atoms with Crippen LogP contribution in [0.5, 0.6) is 0 Å². The summed E-state index contributed by atoms with van der Waals surface area (Å²) < 4.78 is 2.22. The van der Waals surface area contributed by atoms with Gasteiger partial charge in [-0.05, 0) is 5.56 Å². The predicted octanol–water partition coefficient (Wildman–Crippen LogP) is 2.74. The molecule has 0 atom stereocenters. The van der Waals surface area contributed by atoms with Crippen molar-refractivity contribution in [3.8, 4) is 11.4 Å². The minimum absolute atomic E-state index is 0.693. The summed E-state index contributed by atoms with van der Waals surface area (Å²) in [5.74, 6) is 0.693. The van der Waals surface area contributed by atoms with Crippen LogP contribution in [0.25, 0.3) is 11.4 Å². The lowest BCUT2D eigenvalue weighted by atomic mass is 10.1. The van der Waals surface area contributed by atoms with Crippen LogP contribution >= 0.6 is 0 Å². The summed E-state index contributed by atoms with van der Waals surface area (Å²) in [5, 5.41) is 0. The molecule has 144 valence electrons. The molecule has 1 aromatic carbocycles. The van der Waals surface area contributed by atoms with E-state index in [9.17, 15) is 0 Å². The van der Waals surface area contributed by atoms with Gasteiger partial charge < -0.3 is 4.57 Å². The van der Waals surface area contributed by atoms with Crippen LogP contribution in [0.1, 0.15) is 22.5 Å². The zero-order valence-corrected chi connectivity index (χ0v) is 16.0. The van der Waals surface area contributed by atoms with Crippen LogP contribution in [0.3, 0.4) is 0 Å². The van der Waals surface area contributed by atoms with Gasteiger partial charge in [0, 0.05) is 63.0 Å². The summed E-state index contributed by atoms with van der Waals surface area (Å²) in [6.45, 7) is 3.51. The highest BCUT2D eigenvalue weighted by Crippen LogP contribution is 2.21. The second-order valence-corrected chi connectivity index (χ2v) is 7.25. The third-order valence-electron chi connectivity index (χ3n) is 5.21. The maximum atomic E-state index is 4.75. The number of rotatable bonds is 5. The van der Waals surface area contributed by atoms with E-state index in [2.05, 4.69) is 53.7 Å². The van der Waals surface area contributed by atoms with Gasteiger partial charge in [0.1, 0.15) is 6.33 Å². The molecule has 7 nitrogen and oxygen atoms in total. The molecule has 1 aliphatic heterocycles. The Balaban J connectivity index is 1.29. The number of aromatic nitrogens is 6. The molecule has 0 bridgehead atoms. The number of nitrogens with zero attached hydrogens (tertiary/aromatic N) is 7. The summed E-state index contributed by atoms with van der Waals surface area (Å²) in [5.41, 5.74) is 5.65. The highest BCUT2D eigenvalue weighted by atomic mass is 15.2. The number of hydrogen-bond donors (Lipinski definition) is 0. The molecule has 0 spiro atoms. The van der Waals surface area contributed by atoms with E-state index < -0.39 is 0 Å². The van der Waals surface area contributed by atoms with Gasteiger partial charge >= 0.3 is 0 Å². The first-order valence-corrected chi connectivity index (χ1v) is 9.70. The second-order valence-electron chi connectivity index (χ2n) is 7.25. The lowest BCUT2D eigenvalue weighted by molar-refractivity contribution is 0.237. The highest BCUT2D eigenvalue weighted by molar-refractivity contribution is 5.52.